The standard InChI is InChI=1S/C15H11NO6/c1-22-15(19)10-4-2-9(3-5-10)11-6-12(8-17)14(18)13(7-11)16(20)21/h2-8,18H,1H3. The zero-order valence-electron chi connectivity index (χ0n) is 11.5. The Kier molecular flexibility index (Phi) is 4.17. The van der Waals surface area contributed by atoms with E-state index in [1.54, 1.807) is 12.1 Å². The van der Waals surface area contributed by atoms with Gasteiger partial charge < -0.3 is 9.84 Å². The summed E-state index contributed by atoms with van der Waals surface area (Å²) < 4.78 is 4.58. The van der Waals surface area contributed by atoms with Crippen molar-refractivity contribution in [1.29, 1.82) is 0 Å². The Morgan fingerprint density at radius 2 is 1.86 bits per heavy atom. The molecule has 112 valence electrons. The second-order valence-electron chi connectivity index (χ2n) is 4.38. The maximum absolute atomic E-state index is 11.4. The lowest BCUT2D eigenvalue weighted by molar-refractivity contribution is -0.385. The van der Waals surface area contributed by atoms with Crippen LogP contribution in [0.3, 0.4) is 0 Å². The fourth-order valence-corrected chi connectivity index (χ4v) is 1.95. The van der Waals surface area contributed by atoms with Gasteiger partial charge in [0.1, 0.15) is 0 Å². The van der Waals surface area contributed by atoms with Gasteiger partial charge in [0, 0.05) is 6.07 Å². The van der Waals surface area contributed by atoms with E-state index in [1.165, 1.54) is 25.3 Å². The first-order valence-electron chi connectivity index (χ1n) is 6.13. The van der Waals surface area contributed by atoms with Crippen LogP contribution in [0, 0.1) is 10.1 Å². The van der Waals surface area contributed by atoms with E-state index in [1.807, 2.05) is 0 Å². The molecule has 0 aliphatic carbocycles. The average Bonchev–Trinajstić information content (AvgIpc) is 2.54. The molecule has 0 heterocycles. The van der Waals surface area contributed by atoms with Gasteiger partial charge in [0.25, 0.3) is 0 Å². The molecule has 2 aromatic rings. The van der Waals surface area contributed by atoms with Crippen LogP contribution in [0.25, 0.3) is 11.1 Å². The molecule has 0 saturated heterocycles. The number of nitrogens with zero attached hydrogens (tertiary/aromatic N) is 1. The number of nitro groups is 1. The molecular formula is C15H11NO6. The second kappa shape index (κ2) is 6.04. The molecular weight excluding hydrogens is 290 g/mol. The van der Waals surface area contributed by atoms with E-state index in [0.29, 0.717) is 23.0 Å². The molecule has 0 saturated carbocycles. The lowest BCUT2D eigenvalue weighted by Gasteiger charge is -2.06. The molecule has 2 aromatic carbocycles. The number of ether oxygens (including phenoxy) is 1. The monoisotopic (exact) mass is 301 g/mol. The number of hydrogen-bond donors (Lipinski definition) is 1. The highest BCUT2D eigenvalue weighted by Crippen LogP contribution is 2.34. The summed E-state index contributed by atoms with van der Waals surface area (Å²) in [5.41, 5.74) is 0.523. The van der Waals surface area contributed by atoms with E-state index in [4.69, 9.17) is 0 Å². The summed E-state index contributed by atoms with van der Waals surface area (Å²) in [6, 6.07) is 8.63. The van der Waals surface area contributed by atoms with Gasteiger partial charge in [0.15, 0.2) is 6.29 Å². The highest BCUT2D eigenvalue weighted by atomic mass is 16.6. The van der Waals surface area contributed by atoms with Crippen LogP contribution < -0.4 is 0 Å². The summed E-state index contributed by atoms with van der Waals surface area (Å²) in [7, 11) is 1.26. The number of phenolic OH excluding ortho intramolecular Hbond substituents is 1. The Labute approximate surface area is 124 Å². The number of esters is 1. The molecule has 7 heteroatoms. The first-order chi connectivity index (χ1) is 10.5. The smallest absolute Gasteiger partial charge is 0.337 e. The molecule has 0 fully saturated rings. The maximum atomic E-state index is 11.4. The molecule has 7 nitrogen and oxygen atoms in total. The van der Waals surface area contributed by atoms with Crippen molar-refractivity contribution in [3.63, 3.8) is 0 Å². The van der Waals surface area contributed by atoms with Crippen LogP contribution in [0.4, 0.5) is 5.69 Å². The Bertz CT molecular complexity index is 751. The number of phenols is 1. The van der Waals surface area contributed by atoms with Crippen LogP contribution in [0.1, 0.15) is 20.7 Å². The minimum atomic E-state index is -0.769. The van der Waals surface area contributed by atoms with Gasteiger partial charge in [0.2, 0.25) is 5.75 Å². The van der Waals surface area contributed by atoms with Gasteiger partial charge in [-0.15, -0.1) is 0 Å². The molecule has 2 rings (SSSR count). The normalized spacial score (nSPS) is 10.0. The van der Waals surface area contributed by atoms with Crippen LogP contribution in [0.5, 0.6) is 5.75 Å². The number of nitro benzene ring substituents is 1. The SMILES string of the molecule is COC(=O)c1ccc(-c2cc(C=O)c(O)c([N+](=O)[O-])c2)cc1. The van der Waals surface area contributed by atoms with Crippen molar-refractivity contribution in [3.8, 4) is 16.9 Å². The maximum Gasteiger partial charge on any atom is 0.337 e. The molecule has 0 unspecified atom stereocenters. The van der Waals surface area contributed by atoms with Crippen LogP contribution in [-0.2, 0) is 4.74 Å². The molecule has 0 aliphatic heterocycles. The molecule has 0 aromatic heterocycles. The summed E-state index contributed by atoms with van der Waals surface area (Å²) in [6.45, 7) is 0. The average molecular weight is 301 g/mol. The summed E-state index contributed by atoms with van der Waals surface area (Å²) in [5, 5.41) is 20.6. The second-order valence-corrected chi connectivity index (χ2v) is 4.38. The van der Waals surface area contributed by atoms with Gasteiger partial charge in [-0.25, -0.2) is 4.79 Å². The molecule has 0 aliphatic rings. The van der Waals surface area contributed by atoms with Crippen LogP contribution in [0.15, 0.2) is 36.4 Å². The van der Waals surface area contributed by atoms with E-state index in [9.17, 15) is 24.8 Å². The van der Waals surface area contributed by atoms with Crippen molar-refractivity contribution in [2.24, 2.45) is 0 Å². The highest BCUT2D eigenvalue weighted by molar-refractivity contribution is 5.90. The third-order valence-corrected chi connectivity index (χ3v) is 3.08. The van der Waals surface area contributed by atoms with Gasteiger partial charge >= 0.3 is 11.7 Å². The van der Waals surface area contributed by atoms with Crippen molar-refractivity contribution in [2.45, 2.75) is 0 Å². The van der Waals surface area contributed by atoms with Crippen molar-refractivity contribution in [1.82, 2.24) is 0 Å². The van der Waals surface area contributed by atoms with E-state index in [-0.39, 0.29) is 5.56 Å². The highest BCUT2D eigenvalue weighted by Gasteiger charge is 2.19. The van der Waals surface area contributed by atoms with Gasteiger partial charge in [-0.05, 0) is 29.3 Å². The zero-order chi connectivity index (χ0) is 16.3. The molecule has 0 atom stereocenters. The number of aromatic hydroxyl groups is 1. The third kappa shape index (κ3) is 2.78. The topological polar surface area (TPSA) is 107 Å². The lowest BCUT2D eigenvalue weighted by atomic mass is 10.0. The predicted octanol–water partition coefficient (Wildman–Crippen LogP) is 2.57. The van der Waals surface area contributed by atoms with E-state index in [2.05, 4.69) is 4.74 Å². The molecule has 0 bridgehead atoms. The fraction of sp³-hybridized carbons (Fsp3) is 0.0667. The Morgan fingerprint density at radius 1 is 1.23 bits per heavy atom. The molecule has 0 radical (unpaired) electrons. The number of aldehydes is 1. The molecule has 0 spiro atoms. The predicted molar refractivity (Wildman–Crippen MR) is 76.9 cm³/mol. The van der Waals surface area contributed by atoms with Crippen molar-refractivity contribution >= 4 is 17.9 Å². The zero-order valence-corrected chi connectivity index (χ0v) is 11.5. The van der Waals surface area contributed by atoms with Gasteiger partial charge in [-0.2, -0.15) is 0 Å². The minimum Gasteiger partial charge on any atom is -0.502 e. The first-order valence-corrected chi connectivity index (χ1v) is 6.13. The van der Waals surface area contributed by atoms with Crippen LogP contribution in [-0.4, -0.2) is 29.4 Å². The number of carbonyl (C=O) groups excluding carboxylic acids is 2. The Balaban J connectivity index is 2.52. The van der Waals surface area contributed by atoms with Gasteiger partial charge in [0.05, 0.1) is 23.2 Å². The summed E-state index contributed by atoms with van der Waals surface area (Å²) in [5.74, 6) is -1.17. The van der Waals surface area contributed by atoms with Crippen molar-refractivity contribution < 1.29 is 24.4 Å². The molecule has 0 amide bonds. The lowest BCUT2D eigenvalue weighted by Crippen LogP contribution is -2.00. The minimum absolute atomic E-state index is 0.179. The van der Waals surface area contributed by atoms with Crippen LogP contribution in [0.2, 0.25) is 0 Å². The number of benzene rings is 2. The van der Waals surface area contributed by atoms with E-state index >= 15 is 0 Å². The number of carbonyl (C=O) groups is 2. The number of methoxy groups -OCH3 is 1. The largest absolute Gasteiger partial charge is 0.502 e. The first kappa shape index (κ1) is 15.2. The summed E-state index contributed by atoms with van der Waals surface area (Å²) in [4.78, 5) is 32.4. The van der Waals surface area contributed by atoms with Crippen molar-refractivity contribution in [3.05, 3.63) is 57.6 Å². The van der Waals surface area contributed by atoms with Crippen molar-refractivity contribution in [2.75, 3.05) is 7.11 Å². The van der Waals surface area contributed by atoms with E-state index < -0.39 is 22.3 Å². The number of hydrogen-bond acceptors (Lipinski definition) is 6. The van der Waals surface area contributed by atoms with Crippen LogP contribution >= 0.6 is 0 Å². The van der Waals surface area contributed by atoms with Gasteiger partial charge in [-0.3, -0.25) is 14.9 Å². The molecule has 22 heavy (non-hydrogen) atoms. The Hall–Kier alpha value is -3.22. The third-order valence-electron chi connectivity index (χ3n) is 3.08. The quantitative estimate of drug-likeness (QED) is 0.402. The fourth-order valence-electron chi connectivity index (χ4n) is 1.95. The molecule has 1 N–H and O–H groups in total. The number of rotatable bonds is 4. The summed E-state index contributed by atoms with van der Waals surface area (Å²) in [6.07, 6.45) is 0.342. The summed E-state index contributed by atoms with van der Waals surface area (Å²) >= 11 is 0. The van der Waals surface area contributed by atoms with Gasteiger partial charge in [-0.1, -0.05) is 12.1 Å². The van der Waals surface area contributed by atoms with E-state index in [0.717, 1.165) is 6.07 Å². The Morgan fingerprint density at radius 3 is 2.36 bits per heavy atom.